The molecule has 1 aliphatic heterocycles. The highest BCUT2D eigenvalue weighted by Gasteiger charge is 2.35. The van der Waals surface area contributed by atoms with E-state index in [1.54, 1.807) is 4.90 Å². The van der Waals surface area contributed by atoms with Crippen molar-refractivity contribution in [1.29, 1.82) is 0 Å². The zero-order chi connectivity index (χ0) is 17.5. The van der Waals surface area contributed by atoms with Crippen LogP contribution in [0.1, 0.15) is 56.9 Å². The lowest BCUT2D eigenvalue weighted by atomic mass is 10.1. The van der Waals surface area contributed by atoms with Crippen LogP contribution in [-0.2, 0) is 16.1 Å². The monoisotopic (exact) mass is 344 g/mol. The average molecular weight is 344 g/mol. The zero-order valence-corrected chi connectivity index (χ0v) is 14.8. The minimum absolute atomic E-state index is 0.0129. The predicted molar refractivity (Wildman–Crippen MR) is 96.0 cm³/mol. The maximum Gasteiger partial charge on any atom is 0.410 e. The van der Waals surface area contributed by atoms with Gasteiger partial charge in [0, 0.05) is 12.6 Å². The molecule has 1 N–H and O–H groups in total. The van der Waals surface area contributed by atoms with Crippen LogP contribution < -0.4 is 5.32 Å². The molecule has 1 atom stereocenters. The standard InChI is InChI=1S/C20H28N2O3/c23-19(21-17-11-6-1-2-7-12-17)18-13-8-14-22(18)20(24)25-15-16-9-4-3-5-10-16/h3-5,9-10,17-18H,1-2,6-8,11-15H2,(H,21,23). The van der Waals surface area contributed by atoms with Crippen LogP contribution >= 0.6 is 0 Å². The van der Waals surface area contributed by atoms with E-state index < -0.39 is 0 Å². The van der Waals surface area contributed by atoms with E-state index in [-0.39, 0.29) is 30.7 Å². The van der Waals surface area contributed by atoms with Crippen molar-refractivity contribution >= 4 is 12.0 Å². The largest absolute Gasteiger partial charge is 0.445 e. The average Bonchev–Trinajstić information content (AvgIpc) is 3.00. The molecule has 5 nitrogen and oxygen atoms in total. The summed E-state index contributed by atoms with van der Waals surface area (Å²) in [7, 11) is 0. The fourth-order valence-corrected chi connectivity index (χ4v) is 3.78. The molecule has 1 aromatic carbocycles. The van der Waals surface area contributed by atoms with Gasteiger partial charge >= 0.3 is 6.09 Å². The Morgan fingerprint density at radius 3 is 2.44 bits per heavy atom. The van der Waals surface area contributed by atoms with Crippen molar-refractivity contribution in [1.82, 2.24) is 10.2 Å². The minimum Gasteiger partial charge on any atom is -0.445 e. The van der Waals surface area contributed by atoms with Crippen LogP contribution in [0.3, 0.4) is 0 Å². The van der Waals surface area contributed by atoms with Gasteiger partial charge in [-0.05, 0) is 31.2 Å². The minimum atomic E-state index is -0.387. The fourth-order valence-electron chi connectivity index (χ4n) is 3.78. The van der Waals surface area contributed by atoms with Crippen molar-refractivity contribution in [3.05, 3.63) is 35.9 Å². The lowest BCUT2D eigenvalue weighted by Gasteiger charge is -2.25. The molecule has 1 saturated carbocycles. The first-order valence-corrected chi connectivity index (χ1v) is 9.52. The molecule has 1 aliphatic carbocycles. The van der Waals surface area contributed by atoms with Gasteiger partial charge in [-0.1, -0.05) is 56.0 Å². The molecular weight excluding hydrogens is 316 g/mol. The number of hydrogen-bond acceptors (Lipinski definition) is 3. The van der Waals surface area contributed by atoms with Gasteiger partial charge < -0.3 is 10.1 Å². The van der Waals surface area contributed by atoms with Crippen LogP contribution in [0.4, 0.5) is 4.79 Å². The van der Waals surface area contributed by atoms with E-state index >= 15 is 0 Å². The third kappa shape index (κ3) is 4.97. The van der Waals surface area contributed by atoms with Crippen molar-refractivity contribution in [2.75, 3.05) is 6.54 Å². The number of amides is 2. The number of rotatable bonds is 4. The van der Waals surface area contributed by atoms with Crippen LogP contribution in [0, 0.1) is 0 Å². The topological polar surface area (TPSA) is 58.6 Å². The normalized spacial score (nSPS) is 21.6. The van der Waals surface area contributed by atoms with E-state index in [1.165, 1.54) is 25.7 Å². The van der Waals surface area contributed by atoms with Gasteiger partial charge in [-0.25, -0.2) is 4.79 Å². The molecule has 3 rings (SSSR count). The lowest BCUT2D eigenvalue weighted by Crippen LogP contribution is -2.48. The first kappa shape index (κ1) is 17.8. The number of ether oxygens (including phenoxy) is 1. The number of carbonyl (C=O) groups is 2. The van der Waals surface area contributed by atoms with Gasteiger partial charge in [0.25, 0.3) is 0 Å². The van der Waals surface area contributed by atoms with Gasteiger partial charge in [-0.2, -0.15) is 0 Å². The van der Waals surface area contributed by atoms with E-state index in [0.717, 1.165) is 31.2 Å². The van der Waals surface area contributed by atoms with Gasteiger partial charge in [0.1, 0.15) is 12.6 Å². The summed E-state index contributed by atoms with van der Waals surface area (Å²) in [5.74, 6) is -0.0129. The van der Waals surface area contributed by atoms with Crippen molar-refractivity contribution in [3.8, 4) is 0 Å². The molecular formula is C20H28N2O3. The predicted octanol–water partition coefficient (Wildman–Crippen LogP) is 3.63. The second kappa shape index (κ2) is 8.88. The number of carbonyl (C=O) groups excluding carboxylic acids is 2. The molecule has 136 valence electrons. The SMILES string of the molecule is O=C(NC1CCCCCC1)C1CCCN1C(=O)OCc1ccccc1. The molecule has 1 aromatic rings. The van der Waals surface area contributed by atoms with Gasteiger partial charge in [0.05, 0.1) is 0 Å². The Morgan fingerprint density at radius 1 is 1.00 bits per heavy atom. The Labute approximate surface area is 149 Å². The maximum atomic E-state index is 12.7. The Hall–Kier alpha value is -2.04. The summed E-state index contributed by atoms with van der Waals surface area (Å²) in [5.41, 5.74) is 0.953. The molecule has 1 heterocycles. The lowest BCUT2D eigenvalue weighted by molar-refractivity contribution is -0.126. The van der Waals surface area contributed by atoms with Crippen LogP contribution in [0.15, 0.2) is 30.3 Å². The third-order valence-electron chi connectivity index (χ3n) is 5.20. The van der Waals surface area contributed by atoms with Crippen molar-refractivity contribution in [2.24, 2.45) is 0 Å². The number of nitrogens with zero attached hydrogens (tertiary/aromatic N) is 1. The summed E-state index contributed by atoms with van der Waals surface area (Å²) in [6.45, 7) is 0.837. The van der Waals surface area contributed by atoms with Crippen LogP contribution in [0.5, 0.6) is 0 Å². The summed E-state index contributed by atoms with van der Waals surface area (Å²) in [6.07, 6.45) is 8.16. The quantitative estimate of drug-likeness (QED) is 0.849. The number of benzene rings is 1. The number of nitrogens with one attached hydrogen (secondary N) is 1. The second-order valence-corrected chi connectivity index (χ2v) is 7.09. The molecule has 0 radical (unpaired) electrons. The van der Waals surface area contributed by atoms with Crippen molar-refractivity contribution in [3.63, 3.8) is 0 Å². The molecule has 2 amide bonds. The summed E-state index contributed by atoms with van der Waals surface area (Å²) >= 11 is 0. The van der Waals surface area contributed by atoms with Crippen LogP contribution in [-0.4, -0.2) is 35.5 Å². The third-order valence-corrected chi connectivity index (χ3v) is 5.20. The Kier molecular flexibility index (Phi) is 6.31. The first-order chi connectivity index (χ1) is 12.2. The Balaban J connectivity index is 1.52. The van der Waals surface area contributed by atoms with E-state index in [4.69, 9.17) is 4.74 Å². The van der Waals surface area contributed by atoms with E-state index in [9.17, 15) is 9.59 Å². The highest BCUT2D eigenvalue weighted by molar-refractivity contribution is 5.86. The van der Waals surface area contributed by atoms with Gasteiger partial charge in [-0.3, -0.25) is 9.69 Å². The smallest absolute Gasteiger partial charge is 0.410 e. The van der Waals surface area contributed by atoms with Gasteiger partial charge in [0.15, 0.2) is 0 Å². The molecule has 5 heteroatoms. The maximum absolute atomic E-state index is 12.7. The molecule has 1 unspecified atom stereocenters. The molecule has 2 aliphatic rings. The summed E-state index contributed by atoms with van der Waals surface area (Å²) < 4.78 is 5.41. The summed E-state index contributed by atoms with van der Waals surface area (Å²) in [6, 6.07) is 9.49. The molecule has 0 bridgehead atoms. The van der Waals surface area contributed by atoms with Gasteiger partial charge in [0.2, 0.25) is 5.91 Å². The van der Waals surface area contributed by atoms with Gasteiger partial charge in [-0.15, -0.1) is 0 Å². The second-order valence-electron chi connectivity index (χ2n) is 7.09. The Bertz CT molecular complexity index is 568. The van der Waals surface area contributed by atoms with Crippen molar-refractivity contribution in [2.45, 2.75) is 70.1 Å². The fraction of sp³-hybridized carbons (Fsp3) is 0.600. The van der Waals surface area contributed by atoms with E-state index in [1.807, 2.05) is 30.3 Å². The summed E-state index contributed by atoms with van der Waals surface area (Å²) in [5, 5.41) is 3.17. The highest BCUT2D eigenvalue weighted by atomic mass is 16.6. The molecule has 25 heavy (non-hydrogen) atoms. The van der Waals surface area contributed by atoms with E-state index in [2.05, 4.69) is 5.32 Å². The van der Waals surface area contributed by atoms with E-state index in [0.29, 0.717) is 6.54 Å². The zero-order valence-electron chi connectivity index (χ0n) is 14.8. The van der Waals surface area contributed by atoms with Crippen molar-refractivity contribution < 1.29 is 14.3 Å². The number of likely N-dealkylation sites (tertiary alicyclic amines) is 1. The molecule has 0 aromatic heterocycles. The molecule has 2 fully saturated rings. The first-order valence-electron chi connectivity index (χ1n) is 9.52. The Morgan fingerprint density at radius 2 is 1.72 bits per heavy atom. The summed E-state index contributed by atoms with van der Waals surface area (Å²) in [4.78, 5) is 26.7. The van der Waals surface area contributed by atoms with Crippen LogP contribution in [0.2, 0.25) is 0 Å². The molecule has 0 spiro atoms. The molecule has 1 saturated heterocycles. The highest BCUT2D eigenvalue weighted by Crippen LogP contribution is 2.21. The van der Waals surface area contributed by atoms with Crippen LogP contribution in [0.25, 0.3) is 0 Å². The number of hydrogen-bond donors (Lipinski definition) is 1.